The molecular weight excluding hydrogens is 235 g/mol. The van der Waals surface area contributed by atoms with Crippen molar-refractivity contribution in [2.45, 2.75) is 25.7 Å². The molecule has 0 aromatic heterocycles. The Morgan fingerprint density at radius 3 is 2.60 bits per heavy atom. The molecule has 0 unspecified atom stereocenters. The van der Waals surface area contributed by atoms with Gasteiger partial charge >= 0.3 is 0 Å². The van der Waals surface area contributed by atoms with E-state index < -0.39 is 0 Å². The SMILES string of the molecule is C=CC1=C(CI)CCCC1. The highest BCUT2D eigenvalue weighted by atomic mass is 127. The molecule has 1 rings (SSSR count). The van der Waals surface area contributed by atoms with Crippen LogP contribution in [0.15, 0.2) is 23.8 Å². The van der Waals surface area contributed by atoms with Crippen molar-refractivity contribution in [1.82, 2.24) is 0 Å². The Labute approximate surface area is 76.5 Å². The molecule has 0 saturated heterocycles. The largest absolute Gasteiger partial charge is 0.0988 e. The lowest BCUT2D eigenvalue weighted by atomic mass is 9.93. The lowest BCUT2D eigenvalue weighted by molar-refractivity contribution is 0.686. The van der Waals surface area contributed by atoms with Crippen LogP contribution >= 0.6 is 22.6 Å². The van der Waals surface area contributed by atoms with Gasteiger partial charge in [0.15, 0.2) is 0 Å². The third-order valence-corrected chi connectivity index (χ3v) is 2.96. The fourth-order valence-electron chi connectivity index (χ4n) is 1.39. The van der Waals surface area contributed by atoms with Crippen LogP contribution in [0.3, 0.4) is 0 Å². The molecule has 0 aliphatic heterocycles. The van der Waals surface area contributed by atoms with Crippen LogP contribution in [-0.2, 0) is 0 Å². The highest BCUT2D eigenvalue weighted by Gasteiger charge is 2.07. The predicted molar refractivity (Wildman–Crippen MR) is 54.6 cm³/mol. The molecule has 0 nitrogen and oxygen atoms in total. The summed E-state index contributed by atoms with van der Waals surface area (Å²) in [5.74, 6) is 0. The van der Waals surface area contributed by atoms with Crippen LogP contribution in [0.2, 0.25) is 0 Å². The van der Waals surface area contributed by atoms with E-state index in [0.717, 1.165) is 0 Å². The van der Waals surface area contributed by atoms with E-state index in [2.05, 4.69) is 29.2 Å². The number of alkyl halides is 1. The van der Waals surface area contributed by atoms with Crippen molar-refractivity contribution in [2.75, 3.05) is 4.43 Å². The van der Waals surface area contributed by atoms with Gasteiger partial charge in [-0.2, -0.15) is 0 Å². The van der Waals surface area contributed by atoms with Gasteiger partial charge in [0.1, 0.15) is 0 Å². The Morgan fingerprint density at radius 2 is 2.10 bits per heavy atom. The van der Waals surface area contributed by atoms with Gasteiger partial charge in [-0.1, -0.05) is 40.8 Å². The van der Waals surface area contributed by atoms with E-state index in [0.29, 0.717) is 0 Å². The van der Waals surface area contributed by atoms with Crippen LogP contribution in [-0.4, -0.2) is 4.43 Å². The minimum Gasteiger partial charge on any atom is -0.0988 e. The highest BCUT2D eigenvalue weighted by Crippen LogP contribution is 2.26. The van der Waals surface area contributed by atoms with Crippen molar-refractivity contribution < 1.29 is 0 Å². The smallest absolute Gasteiger partial charge is 0.0211 e. The average molecular weight is 248 g/mol. The van der Waals surface area contributed by atoms with Gasteiger partial charge in [0.25, 0.3) is 0 Å². The Kier molecular flexibility index (Phi) is 3.46. The molecule has 0 spiro atoms. The van der Waals surface area contributed by atoms with Gasteiger partial charge in [-0.15, -0.1) is 0 Å². The number of hydrogen-bond acceptors (Lipinski definition) is 0. The first kappa shape index (κ1) is 8.31. The van der Waals surface area contributed by atoms with E-state index >= 15 is 0 Å². The van der Waals surface area contributed by atoms with Crippen LogP contribution in [0, 0.1) is 0 Å². The standard InChI is InChI=1S/C9H13I/c1-2-8-5-3-4-6-9(8)7-10/h2H,1,3-7H2. The van der Waals surface area contributed by atoms with Gasteiger partial charge in [0.2, 0.25) is 0 Å². The topological polar surface area (TPSA) is 0 Å². The van der Waals surface area contributed by atoms with Gasteiger partial charge in [-0.05, 0) is 31.3 Å². The Bertz CT molecular complexity index is 156. The summed E-state index contributed by atoms with van der Waals surface area (Å²) < 4.78 is 1.19. The molecule has 1 heteroatoms. The van der Waals surface area contributed by atoms with E-state index in [4.69, 9.17) is 0 Å². The molecule has 0 fully saturated rings. The molecule has 0 amide bonds. The minimum absolute atomic E-state index is 1.19. The number of halogens is 1. The maximum absolute atomic E-state index is 3.82. The summed E-state index contributed by atoms with van der Waals surface area (Å²) in [6, 6.07) is 0. The molecule has 10 heavy (non-hydrogen) atoms. The Hall–Kier alpha value is 0.210. The summed E-state index contributed by atoms with van der Waals surface area (Å²) in [5, 5.41) is 0. The molecule has 0 N–H and O–H groups in total. The van der Waals surface area contributed by atoms with Crippen LogP contribution in [0.4, 0.5) is 0 Å². The summed E-state index contributed by atoms with van der Waals surface area (Å²) in [6.07, 6.45) is 7.36. The first-order chi connectivity index (χ1) is 4.88. The summed E-state index contributed by atoms with van der Waals surface area (Å²) in [4.78, 5) is 0. The van der Waals surface area contributed by atoms with Crippen molar-refractivity contribution in [3.8, 4) is 0 Å². The van der Waals surface area contributed by atoms with E-state index in [1.165, 1.54) is 35.7 Å². The number of hydrogen-bond donors (Lipinski definition) is 0. The monoisotopic (exact) mass is 248 g/mol. The van der Waals surface area contributed by atoms with Gasteiger partial charge in [0.05, 0.1) is 0 Å². The molecule has 1 aliphatic carbocycles. The zero-order valence-electron chi connectivity index (χ0n) is 6.20. The number of allylic oxidation sites excluding steroid dienone is 3. The average Bonchev–Trinajstić information content (AvgIpc) is 2.04. The second kappa shape index (κ2) is 4.16. The van der Waals surface area contributed by atoms with Gasteiger partial charge in [-0.3, -0.25) is 0 Å². The first-order valence-corrected chi connectivity index (χ1v) is 5.30. The summed E-state index contributed by atoms with van der Waals surface area (Å²) in [5.41, 5.74) is 3.14. The van der Waals surface area contributed by atoms with Crippen molar-refractivity contribution in [3.63, 3.8) is 0 Å². The van der Waals surface area contributed by atoms with Crippen molar-refractivity contribution in [2.24, 2.45) is 0 Å². The van der Waals surface area contributed by atoms with Crippen LogP contribution in [0.5, 0.6) is 0 Å². The Morgan fingerprint density at radius 1 is 1.40 bits per heavy atom. The zero-order valence-corrected chi connectivity index (χ0v) is 8.36. The molecule has 56 valence electrons. The van der Waals surface area contributed by atoms with Gasteiger partial charge in [0, 0.05) is 4.43 Å². The quantitative estimate of drug-likeness (QED) is 0.518. The maximum Gasteiger partial charge on any atom is 0.0211 e. The Balaban J connectivity index is 2.72. The normalized spacial score (nSPS) is 19.3. The van der Waals surface area contributed by atoms with Crippen LogP contribution in [0.1, 0.15) is 25.7 Å². The molecule has 0 radical (unpaired) electrons. The lowest BCUT2D eigenvalue weighted by Crippen LogP contribution is -1.98. The second-order valence-corrected chi connectivity index (χ2v) is 3.44. The molecule has 0 bridgehead atoms. The van der Waals surface area contributed by atoms with Crippen LogP contribution in [0.25, 0.3) is 0 Å². The maximum atomic E-state index is 3.82. The number of rotatable bonds is 2. The predicted octanol–water partition coefficient (Wildman–Crippen LogP) is 3.48. The van der Waals surface area contributed by atoms with E-state index in [9.17, 15) is 0 Å². The summed E-state index contributed by atoms with van der Waals surface area (Å²) >= 11 is 2.44. The van der Waals surface area contributed by atoms with E-state index in [1.807, 2.05) is 6.08 Å². The first-order valence-electron chi connectivity index (χ1n) is 3.77. The fourth-order valence-corrected chi connectivity index (χ4v) is 2.26. The molecule has 0 aromatic rings. The van der Waals surface area contributed by atoms with Crippen molar-refractivity contribution >= 4 is 22.6 Å². The fraction of sp³-hybridized carbons (Fsp3) is 0.556. The van der Waals surface area contributed by atoms with Gasteiger partial charge < -0.3 is 0 Å². The third-order valence-electron chi connectivity index (χ3n) is 2.04. The minimum atomic E-state index is 1.19. The van der Waals surface area contributed by atoms with Crippen molar-refractivity contribution in [1.29, 1.82) is 0 Å². The highest BCUT2D eigenvalue weighted by molar-refractivity contribution is 14.1. The molecule has 0 heterocycles. The second-order valence-electron chi connectivity index (χ2n) is 2.67. The summed E-state index contributed by atoms with van der Waals surface area (Å²) in [6.45, 7) is 3.82. The zero-order chi connectivity index (χ0) is 7.40. The van der Waals surface area contributed by atoms with E-state index in [-0.39, 0.29) is 0 Å². The molecule has 1 aliphatic rings. The molecule has 0 saturated carbocycles. The third kappa shape index (κ3) is 1.84. The molecule has 0 atom stereocenters. The van der Waals surface area contributed by atoms with Crippen LogP contribution < -0.4 is 0 Å². The van der Waals surface area contributed by atoms with Gasteiger partial charge in [-0.25, -0.2) is 0 Å². The van der Waals surface area contributed by atoms with Crippen molar-refractivity contribution in [3.05, 3.63) is 23.8 Å². The van der Waals surface area contributed by atoms with E-state index in [1.54, 1.807) is 5.57 Å². The summed E-state index contributed by atoms with van der Waals surface area (Å²) in [7, 11) is 0. The molecular formula is C9H13I. The lowest BCUT2D eigenvalue weighted by Gasteiger charge is -2.15. The molecule has 0 aromatic carbocycles.